The molecule has 0 aromatic rings. The van der Waals surface area contributed by atoms with Crippen molar-refractivity contribution in [3.05, 3.63) is 11.8 Å². The van der Waals surface area contributed by atoms with Crippen LogP contribution in [0.1, 0.15) is 27.2 Å². The molecular weight excluding hydrogens is 144 g/mol. The van der Waals surface area contributed by atoms with Crippen LogP contribution < -0.4 is 0 Å². The van der Waals surface area contributed by atoms with E-state index in [4.69, 9.17) is 4.74 Å². The number of hydrogen-bond donors (Lipinski definition) is 0. The molecule has 0 aromatic carbocycles. The second-order valence-corrected chi connectivity index (χ2v) is 2.25. The Morgan fingerprint density at radius 3 is 2.27 bits per heavy atom. The van der Waals surface area contributed by atoms with Gasteiger partial charge in [-0.1, -0.05) is 0 Å². The molecule has 0 amide bonds. The highest BCUT2D eigenvalue weighted by Gasteiger charge is 2.05. The van der Waals surface area contributed by atoms with Crippen molar-refractivity contribution < 1.29 is 14.3 Å². The van der Waals surface area contributed by atoms with Crippen molar-refractivity contribution in [2.75, 3.05) is 0 Å². The Morgan fingerprint density at radius 1 is 1.36 bits per heavy atom. The van der Waals surface area contributed by atoms with Crippen LogP contribution in [0.3, 0.4) is 0 Å². The molecule has 0 unspecified atom stereocenters. The van der Waals surface area contributed by atoms with Crippen LogP contribution in [-0.4, -0.2) is 11.8 Å². The first-order valence-corrected chi connectivity index (χ1v) is 3.39. The van der Waals surface area contributed by atoms with Gasteiger partial charge in [0.1, 0.15) is 18.0 Å². The van der Waals surface area contributed by atoms with Crippen LogP contribution in [0.2, 0.25) is 0 Å². The molecule has 11 heavy (non-hydrogen) atoms. The Labute approximate surface area is 66.0 Å². The molecule has 0 rings (SSSR count). The summed E-state index contributed by atoms with van der Waals surface area (Å²) in [7, 11) is 0. The van der Waals surface area contributed by atoms with E-state index < -0.39 is 5.97 Å². The molecule has 0 saturated carbocycles. The zero-order chi connectivity index (χ0) is 8.85. The Bertz CT molecular complexity index is 192. The van der Waals surface area contributed by atoms with Crippen molar-refractivity contribution in [3.8, 4) is 0 Å². The van der Waals surface area contributed by atoms with E-state index >= 15 is 0 Å². The van der Waals surface area contributed by atoms with Gasteiger partial charge >= 0.3 is 5.97 Å². The van der Waals surface area contributed by atoms with Gasteiger partial charge in [-0.15, -0.1) is 0 Å². The van der Waals surface area contributed by atoms with E-state index in [0.717, 1.165) is 0 Å². The first-order valence-electron chi connectivity index (χ1n) is 3.39. The first kappa shape index (κ1) is 9.88. The smallest absolute Gasteiger partial charge is 0.318 e. The van der Waals surface area contributed by atoms with Gasteiger partial charge in [0.25, 0.3) is 0 Å². The van der Waals surface area contributed by atoms with Crippen molar-refractivity contribution in [2.45, 2.75) is 27.2 Å². The molecule has 3 nitrogen and oxygen atoms in total. The van der Waals surface area contributed by atoms with Crippen LogP contribution in [0.5, 0.6) is 0 Å². The van der Waals surface area contributed by atoms with Crippen molar-refractivity contribution in [2.24, 2.45) is 0 Å². The Morgan fingerprint density at radius 2 is 1.91 bits per heavy atom. The molecule has 0 radical (unpaired) electrons. The lowest BCUT2D eigenvalue weighted by Crippen LogP contribution is -2.07. The summed E-state index contributed by atoms with van der Waals surface area (Å²) in [6, 6.07) is 0. The summed E-state index contributed by atoms with van der Waals surface area (Å²) in [5.41, 5.74) is 0. The number of rotatable bonds is 3. The predicted octanol–water partition coefficient (Wildman–Crippen LogP) is 1.43. The summed E-state index contributed by atoms with van der Waals surface area (Å²) in [6.45, 7) is 4.78. The normalized spacial score (nSPS) is 11.0. The molecule has 0 aromatic heterocycles. The summed E-state index contributed by atoms with van der Waals surface area (Å²) in [5.74, 6) is -0.150. The molecule has 0 saturated heterocycles. The van der Waals surface area contributed by atoms with Gasteiger partial charge in [0, 0.05) is 0 Å². The van der Waals surface area contributed by atoms with Crippen LogP contribution >= 0.6 is 0 Å². The summed E-state index contributed by atoms with van der Waals surface area (Å²) < 4.78 is 4.71. The largest absolute Gasteiger partial charge is 0.431 e. The molecule has 0 fully saturated rings. The number of ketones is 1. The number of carbonyl (C=O) groups is 2. The SMILES string of the molecule is CC=C(C)OC(=O)CC(C)=O. The summed E-state index contributed by atoms with van der Waals surface area (Å²) in [4.78, 5) is 21.1. The monoisotopic (exact) mass is 156 g/mol. The Kier molecular flexibility index (Phi) is 4.18. The predicted molar refractivity (Wildman–Crippen MR) is 40.8 cm³/mol. The lowest BCUT2D eigenvalue weighted by Gasteiger charge is -2.00. The average molecular weight is 156 g/mol. The third-order valence-corrected chi connectivity index (χ3v) is 1.07. The lowest BCUT2D eigenvalue weighted by atomic mass is 10.3. The molecule has 3 heteroatoms. The standard InChI is InChI=1S/C8H12O3/c1-4-7(3)11-8(10)5-6(2)9/h4H,5H2,1-3H3. The van der Waals surface area contributed by atoms with Crippen LogP contribution in [0.15, 0.2) is 11.8 Å². The molecular formula is C8H12O3. The zero-order valence-corrected chi connectivity index (χ0v) is 7.01. The highest BCUT2D eigenvalue weighted by atomic mass is 16.5. The van der Waals surface area contributed by atoms with E-state index in [2.05, 4.69) is 0 Å². The molecule has 0 aliphatic rings. The van der Waals surface area contributed by atoms with Gasteiger partial charge < -0.3 is 4.74 Å². The Hall–Kier alpha value is -1.12. The van der Waals surface area contributed by atoms with E-state index in [9.17, 15) is 9.59 Å². The van der Waals surface area contributed by atoms with Gasteiger partial charge in [-0.2, -0.15) is 0 Å². The van der Waals surface area contributed by atoms with E-state index in [1.807, 2.05) is 0 Å². The van der Waals surface area contributed by atoms with E-state index in [0.29, 0.717) is 5.76 Å². The van der Waals surface area contributed by atoms with E-state index in [1.54, 1.807) is 19.9 Å². The fourth-order valence-electron chi connectivity index (χ4n) is 0.478. The first-order chi connectivity index (χ1) is 5.06. The van der Waals surface area contributed by atoms with E-state index in [1.165, 1.54) is 6.92 Å². The van der Waals surface area contributed by atoms with Crippen LogP contribution in [0, 0.1) is 0 Å². The molecule has 0 bridgehead atoms. The van der Waals surface area contributed by atoms with Crippen LogP contribution in [0.25, 0.3) is 0 Å². The number of carbonyl (C=O) groups excluding carboxylic acids is 2. The maximum atomic E-state index is 10.7. The third kappa shape index (κ3) is 5.33. The van der Waals surface area contributed by atoms with Gasteiger partial charge in [0.2, 0.25) is 0 Å². The van der Waals surface area contributed by atoms with Gasteiger partial charge in [0.15, 0.2) is 0 Å². The fraction of sp³-hybridized carbons (Fsp3) is 0.500. The van der Waals surface area contributed by atoms with Crippen molar-refractivity contribution >= 4 is 11.8 Å². The minimum Gasteiger partial charge on any atom is -0.431 e. The van der Waals surface area contributed by atoms with Gasteiger partial charge in [0.05, 0.1) is 0 Å². The minimum absolute atomic E-state index is 0.148. The maximum absolute atomic E-state index is 10.7. The van der Waals surface area contributed by atoms with Crippen molar-refractivity contribution in [1.29, 1.82) is 0 Å². The summed E-state index contributed by atoms with van der Waals surface area (Å²) in [5, 5.41) is 0. The summed E-state index contributed by atoms with van der Waals surface area (Å²) >= 11 is 0. The van der Waals surface area contributed by atoms with Gasteiger partial charge in [-0.25, -0.2) is 0 Å². The number of Topliss-reactive ketones (excluding diaryl/α,β-unsaturated/α-hetero) is 1. The van der Waals surface area contributed by atoms with Crippen LogP contribution in [0.4, 0.5) is 0 Å². The summed E-state index contributed by atoms with van der Waals surface area (Å²) in [6.07, 6.45) is 1.52. The molecule has 0 spiro atoms. The third-order valence-electron chi connectivity index (χ3n) is 1.07. The topological polar surface area (TPSA) is 43.4 Å². The van der Waals surface area contributed by atoms with Crippen molar-refractivity contribution in [1.82, 2.24) is 0 Å². The molecule has 0 atom stereocenters. The molecule has 0 N–H and O–H groups in total. The van der Waals surface area contributed by atoms with E-state index in [-0.39, 0.29) is 12.2 Å². The molecule has 62 valence electrons. The number of allylic oxidation sites excluding steroid dienone is 2. The zero-order valence-electron chi connectivity index (χ0n) is 7.01. The fourth-order valence-corrected chi connectivity index (χ4v) is 0.478. The van der Waals surface area contributed by atoms with Crippen molar-refractivity contribution in [3.63, 3.8) is 0 Å². The van der Waals surface area contributed by atoms with Gasteiger partial charge in [-0.3, -0.25) is 9.59 Å². The Balaban J connectivity index is 3.79. The number of esters is 1. The maximum Gasteiger partial charge on any atom is 0.318 e. The molecule has 0 aliphatic heterocycles. The van der Waals surface area contributed by atoms with Gasteiger partial charge in [-0.05, 0) is 26.8 Å². The number of hydrogen-bond acceptors (Lipinski definition) is 3. The second kappa shape index (κ2) is 4.66. The number of ether oxygens (including phenoxy) is 1. The average Bonchev–Trinajstić information content (AvgIpc) is 1.85. The molecule has 0 aliphatic carbocycles. The molecule has 0 heterocycles. The lowest BCUT2D eigenvalue weighted by molar-refractivity contribution is -0.141. The quantitative estimate of drug-likeness (QED) is 0.352. The highest BCUT2D eigenvalue weighted by Crippen LogP contribution is 1.97. The highest BCUT2D eigenvalue weighted by molar-refractivity contribution is 5.94. The second-order valence-electron chi connectivity index (χ2n) is 2.25. The minimum atomic E-state index is -0.492. The van der Waals surface area contributed by atoms with Crippen LogP contribution in [-0.2, 0) is 14.3 Å².